The lowest BCUT2D eigenvalue weighted by molar-refractivity contribution is 0.215. The normalized spacial score (nSPS) is 9.77. The minimum atomic E-state index is -0.617. The van der Waals surface area contributed by atoms with E-state index in [0.29, 0.717) is 28.7 Å². The number of nitrogens with one attached hydrogen (secondary N) is 1. The fourth-order valence-electron chi connectivity index (χ4n) is 1.79. The summed E-state index contributed by atoms with van der Waals surface area (Å²) in [5.41, 5.74) is 0.488. The topological polar surface area (TPSA) is 66.0 Å². The van der Waals surface area contributed by atoms with E-state index < -0.39 is 6.09 Å². The number of ether oxygens (including phenoxy) is 4. The van der Waals surface area contributed by atoms with Crippen LogP contribution < -0.4 is 24.3 Å². The van der Waals surface area contributed by atoms with Crippen molar-refractivity contribution >= 4 is 11.8 Å². The van der Waals surface area contributed by atoms with Crippen LogP contribution in [0.15, 0.2) is 42.5 Å². The number of hydrogen-bond donors (Lipinski definition) is 1. The van der Waals surface area contributed by atoms with Crippen molar-refractivity contribution in [3.63, 3.8) is 0 Å². The van der Waals surface area contributed by atoms with Gasteiger partial charge in [0.2, 0.25) is 0 Å². The molecule has 0 aliphatic rings. The molecule has 1 amide bonds. The van der Waals surface area contributed by atoms with Gasteiger partial charge in [0.1, 0.15) is 23.0 Å². The highest BCUT2D eigenvalue weighted by molar-refractivity contribution is 5.88. The molecule has 6 heteroatoms. The Morgan fingerprint density at radius 2 is 1.41 bits per heavy atom. The summed E-state index contributed by atoms with van der Waals surface area (Å²) in [6.45, 7) is 0. The summed E-state index contributed by atoms with van der Waals surface area (Å²) in [6.07, 6.45) is -0.617. The first-order valence-corrected chi connectivity index (χ1v) is 6.51. The summed E-state index contributed by atoms with van der Waals surface area (Å²) >= 11 is 0. The molecular weight excluding hydrogens is 286 g/mol. The second kappa shape index (κ2) is 7.21. The molecule has 0 bridgehead atoms. The zero-order chi connectivity index (χ0) is 15.9. The van der Waals surface area contributed by atoms with Gasteiger partial charge < -0.3 is 18.9 Å². The van der Waals surface area contributed by atoms with Gasteiger partial charge in [0, 0.05) is 6.07 Å². The van der Waals surface area contributed by atoms with E-state index in [2.05, 4.69) is 5.32 Å². The number of methoxy groups -OCH3 is 3. The van der Waals surface area contributed by atoms with E-state index >= 15 is 0 Å². The summed E-state index contributed by atoms with van der Waals surface area (Å²) < 4.78 is 20.5. The van der Waals surface area contributed by atoms with Crippen LogP contribution >= 0.6 is 0 Å². The zero-order valence-corrected chi connectivity index (χ0v) is 12.6. The summed E-state index contributed by atoms with van der Waals surface area (Å²) in [5, 5.41) is 2.62. The lowest BCUT2D eigenvalue weighted by atomic mass is 10.2. The molecule has 1 N–H and O–H groups in total. The molecule has 0 aliphatic carbocycles. The number of rotatable bonds is 5. The standard InChI is InChI=1S/C16H17NO5/c1-19-11-4-6-12(7-5-11)22-16(18)17-14-9-8-13(20-2)10-15(14)21-3/h4-10H,1-3H3,(H,17,18). The number of benzene rings is 2. The quantitative estimate of drug-likeness (QED) is 0.917. The van der Waals surface area contributed by atoms with Gasteiger partial charge in [0.05, 0.1) is 27.0 Å². The Morgan fingerprint density at radius 1 is 0.818 bits per heavy atom. The van der Waals surface area contributed by atoms with Gasteiger partial charge in [-0.15, -0.1) is 0 Å². The molecule has 0 radical (unpaired) electrons. The summed E-state index contributed by atoms with van der Waals surface area (Å²) in [4.78, 5) is 11.9. The molecule has 2 rings (SSSR count). The SMILES string of the molecule is COc1ccc(OC(=O)Nc2ccc(OC)cc2OC)cc1. The first kappa shape index (κ1) is 15.5. The van der Waals surface area contributed by atoms with Gasteiger partial charge in [-0.3, -0.25) is 5.32 Å². The Labute approximate surface area is 128 Å². The number of hydrogen-bond acceptors (Lipinski definition) is 5. The molecule has 0 aromatic heterocycles. The van der Waals surface area contributed by atoms with E-state index in [0.717, 1.165) is 0 Å². The minimum absolute atomic E-state index is 0.408. The van der Waals surface area contributed by atoms with Crippen molar-refractivity contribution in [2.24, 2.45) is 0 Å². The van der Waals surface area contributed by atoms with Crippen LogP contribution in [-0.4, -0.2) is 27.4 Å². The van der Waals surface area contributed by atoms with Crippen LogP contribution in [0.5, 0.6) is 23.0 Å². The number of carbonyl (C=O) groups is 1. The van der Waals surface area contributed by atoms with Crippen LogP contribution in [0.2, 0.25) is 0 Å². The fourth-order valence-corrected chi connectivity index (χ4v) is 1.79. The molecule has 0 saturated carbocycles. The van der Waals surface area contributed by atoms with Gasteiger partial charge in [-0.25, -0.2) is 4.79 Å². The van der Waals surface area contributed by atoms with E-state index in [1.165, 1.54) is 7.11 Å². The molecule has 0 aliphatic heterocycles. The van der Waals surface area contributed by atoms with Gasteiger partial charge in [0.15, 0.2) is 0 Å². The Bertz CT molecular complexity index is 639. The minimum Gasteiger partial charge on any atom is -0.497 e. The predicted molar refractivity (Wildman–Crippen MR) is 82.2 cm³/mol. The third kappa shape index (κ3) is 3.82. The number of amides is 1. The van der Waals surface area contributed by atoms with E-state index in [4.69, 9.17) is 18.9 Å². The van der Waals surface area contributed by atoms with Crippen LogP contribution in [0.4, 0.5) is 10.5 Å². The van der Waals surface area contributed by atoms with E-state index in [1.54, 1.807) is 56.7 Å². The monoisotopic (exact) mass is 303 g/mol. The first-order chi connectivity index (χ1) is 10.7. The van der Waals surface area contributed by atoms with Crippen molar-refractivity contribution in [1.82, 2.24) is 0 Å². The average molecular weight is 303 g/mol. The largest absolute Gasteiger partial charge is 0.497 e. The second-order valence-electron chi connectivity index (χ2n) is 4.26. The van der Waals surface area contributed by atoms with E-state index in [-0.39, 0.29) is 0 Å². The Morgan fingerprint density at radius 3 is 2.00 bits per heavy atom. The Hall–Kier alpha value is -2.89. The third-order valence-electron chi connectivity index (χ3n) is 2.92. The number of anilines is 1. The Kier molecular flexibility index (Phi) is 5.08. The van der Waals surface area contributed by atoms with Crippen molar-refractivity contribution in [1.29, 1.82) is 0 Å². The molecule has 116 valence electrons. The van der Waals surface area contributed by atoms with Crippen LogP contribution in [0.25, 0.3) is 0 Å². The van der Waals surface area contributed by atoms with Gasteiger partial charge in [-0.05, 0) is 36.4 Å². The van der Waals surface area contributed by atoms with Gasteiger partial charge in [0.25, 0.3) is 0 Å². The highest BCUT2D eigenvalue weighted by Gasteiger charge is 2.10. The Balaban J connectivity index is 2.04. The maximum absolute atomic E-state index is 11.9. The third-order valence-corrected chi connectivity index (χ3v) is 2.92. The maximum atomic E-state index is 11.9. The van der Waals surface area contributed by atoms with Crippen LogP contribution in [0.1, 0.15) is 0 Å². The lowest BCUT2D eigenvalue weighted by Gasteiger charge is -2.11. The van der Waals surface area contributed by atoms with E-state index in [9.17, 15) is 4.79 Å². The van der Waals surface area contributed by atoms with Gasteiger partial charge >= 0.3 is 6.09 Å². The molecule has 0 spiro atoms. The molecule has 22 heavy (non-hydrogen) atoms. The van der Waals surface area contributed by atoms with Crippen molar-refractivity contribution in [3.8, 4) is 23.0 Å². The van der Waals surface area contributed by atoms with E-state index in [1.807, 2.05) is 0 Å². The van der Waals surface area contributed by atoms with Gasteiger partial charge in [-0.1, -0.05) is 0 Å². The zero-order valence-electron chi connectivity index (χ0n) is 12.6. The summed E-state index contributed by atoms with van der Waals surface area (Å²) in [7, 11) is 4.63. The van der Waals surface area contributed by atoms with Crippen molar-refractivity contribution in [2.45, 2.75) is 0 Å². The fraction of sp³-hybridized carbons (Fsp3) is 0.188. The molecule has 0 saturated heterocycles. The molecule has 0 atom stereocenters. The number of carbonyl (C=O) groups excluding carboxylic acids is 1. The molecule has 2 aromatic carbocycles. The molecule has 0 unspecified atom stereocenters. The highest BCUT2D eigenvalue weighted by Crippen LogP contribution is 2.29. The van der Waals surface area contributed by atoms with Gasteiger partial charge in [-0.2, -0.15) is 0 Å². The molecule has 0 heterocycles. The van der Waals surface area contributed by atoms with Crippen LogP contribution in [0.3, 0.4) is 0 Å². The average Bonchev–Trinajstić information content (AvgIpc) is 2.55. The van der Waals surface area contributed by atoms with Crippen molar-refractivity contribution < 1.29 is 23.7 Å². The highest BCUT2D eigenvalue weighted by atomic mass is 16.6. The van der Waals surface area contributed by atoms with Crippen molar-refractivity contribution in [2.75, 3.05) is 26.6 Å². The smallest absolute Gasteiger partial charge is 0.417 e. The molecule has 0 fully saturated rings. The second-order valence-corrected chi connectivity index (χ2v) is 4.26. The summed E-state index contributed by atoms with van der Waals surface area (Å²) in [5.74, 6) is 2.20. The summed E-state index contributed by atoms with van der Waals surface area (Å²) in [6, 6.07) is 11.8. The molecule has 2 aromatic rings. The lowest BCUT2D eigenvalue weighted by Crippen LogP contribution is -2.17. The first-order valence-electron chi connectivity index (χ1n) is 6.51. The van der Waals surface area contributed by atoms with Crippen LogP contribution in [-0.2, 0) is 0 Å². The molecule has 6 nitrogen and oxygen atoms in total. The van der Waals surface area contributed by atoms with Crippen LogP contribution in [0, 0.1) is 0 Å². The maximum Gasteiger partial charge on any atom is 0.417 e. The molecular formula is C16H17NO5. The van der Waals surface area contributed by atoms with Crippen molar-refractivity contribution in [3.05, 3.63) is 42.5 Å². The predicted octanol–water partition coefficient (Wildman–Crippen LogP) is 3.32.